The Morgan fingerprint density at radius 3 is 2.18 bits per heavy atom. The number of carbonyl (C=O) groups excluding carboxylic acids is 1. The Bertz CT molecular complexity index is 1010. The summed E-state index contributed by atoms with van der Waals surface area (Å²) < 4.78 is 5.95. The highest BCUT2D eigenvalue weighted by Crippen LogP contribution is 2.47. The number of hydrogen-bond acceptors (Lipinski definition) is 3. The summed E-state index contributed by atoms with van der Waals surface area (Å²) in [6, 6.07) is 16.5. The molecule has 2 fully saturated rings. The van der Waals surface area contributed by atoms with Gasteiger partial charge in [0.2, 0.25) is 0 Å². The molecule has 0 bridgehead atoms. The normalized spacial score (nSPS) is 24.3. The van der Waals surface area contributed by atoms with Gasteiger partial charge in [-0.1, -0.05) is 68.8 Å². The molecule has 3 aliphatic rings. The summed E-state index contributed by atoms with van der Waals surface area (Å²) in [5, 5.41) is 10.4. The lowest BCUT2D eigenvalue weighted by Crippen LogP contribution is -2.60. The van der Waals surface area contributed by atoms with Gasteiger partial charge in [-0.2, -0.15) is 0 Å². The van der Waals surface area contributed by atoms with Crippen molar-refractivity contribution < 1.29 is 19.4 Å². The van der Waals surface area contributed by atoms with Crippen molar-refractivity contribution in [3.63, 3.8) is 0 Å². The van der Waals surface area contributed by atoms with Gasteiger partial charge in [0.25, 0.3) is 0 Å². The van der Waals surface area contributed by atoms with Crippen molar-refractivity contribution in [2.45, 2.75) is 69.9 Å². The van der Waals surface area contributed by atoms with Crippen molar-refractivity contribution >= 4 is 12.1 Å². The Morgan fingerprint density at radius 2 is 1.64 bits per heavy atom. The summed E-state index contributed by atoms with van der Waals surface area (Å²) in [6.45, 7) is 4.52. The average molecular weight is 448 g/mol. The summed E-state index contributed by atoms with van der Waals surface area (Å²) in [6.07, 6.45) is 4.11. The van der Waals surface area contributed by atoms with E-state index in [0.29, 0.717) is 24.7 Å². The largest absolute Gasteiger partial charge is 0.479 e. The fourth-order valence-electron chi connectivity index (χ4n) is 6.05. The highest BCUT2D eigenvalue weighted by Gasteiger charge is 2.55. The monoisotopic (exact) mass is 447 g/mol. The van der Waals surface area contributed by atoms with Gasteiger partial charge in [-0.15, -0.1) is 0 Å². The summed E-state index contributed by atoms with van der Waals surface area (Å²) in [5.74, 6) is -0.212. The second kappa shape index (κ2) is 8.51. The quantitative estimate of drug-likeness (QED) is 0.584. The van der Waals surface area contributed by atoms with Crippen LogP contribution in [0.3, 0.4) is 0 Å². The van der Waals surface area contributed by atoms with E-state index in [0.717, 1.165) is 36.8 Å². The Hall–Kier alpha value is -2.82. The van der Waals surface area contributed by atoms with E-state index in [2.05, 4.69) is 38.1 Å². The highest BCUT2D eigenvalue weighted by molar-refractivity contribution is 5.85. The van der Waals surface area contributed by atoms with Crippen LogP contribution in [0.25, 0.3) is 11.1 Å². The third kappa shape index (κ3) is 3.81. The minimum absolute atomic E-state index is 0.0253. The first-order valence-corrected chi connectivity index (χ1v) is 12.3. The van der Waals surface area contributed by atoms with E-state index >= 15 is 0 Å². The van der Waals surface area contributed by atoms with Gasteiger partial charge in [-0.3, -0.25) is 4.90 Å². The van der Waals surface area contributed by atoms with Crippen molar-refractivity contribution in [1.29, 1.82) is 0 Å². The molecule has 1 amide bonds. The molecule has 0 heterocycles. The molecule has 0 radical (unpaired) electrons. The lowest BCUT2D eigenvalue weighted by atomic mass is 9.71. The number of carbonyl (C=O) groups is 2. The number of ether oxygens (including phenoxy) is 1. The van der Waals surface area contributed by atoms with Crippen LogP contribution >= 0.6 is 0 Å². The lowest BCUT2D eigenvalue weighted by Gasteiger charge is -2.46. The fraction of sp³-hybridized carbons (Fsp3) is 0.500. The van der Waals surface area contributed by atoms with E-state index in [9.17, 15) is 14.7 Å². The number of carboxylic acids is 1. The molecule has 1 N–H and O–H groups in total. The molecule has 33 heavy (non-hydrogen) atoms. The number of benzene rings is 2. The number of hydrogen-bond donors (Lipinski definition) is 1. The first-order chi connectivity index (χ1) is 15.9. The SMILES string of the molecule is CC(C)C1CCCC(C(=O)O)(N(C(=O)OCC2c3ccccc3-c3ccccc32)C2CC2)C1. The number of amides is 1. The zero-order valence-corrected chi connectivity index (χ0v) is 19.5. The van der Waals surface area contributed by atoms with Crippen LogP contribution in [0.4, 0.5) is 4.79 Å². The number of rotatable bonds is 6. The molecule has 2 aromatic carbocycles. The third-order valence-electron chi connectivity index (χ3n) is 8.01. The van der Waals surface area contributed by atoms with Crippen LogP contribution in [0.15, 0.2) is 48.5 Å². The molecule has 2 saturated carbocycles. The van der Waals surface area contributed by atoms with Crippen LogP contribution < -0.4 is 0 Å². The number of fused-ring (bicyclic) bond motifs is 3. The topological polar surface area (TPSA) is 66.8 Å². The van der Waals surface area contributed by atoms with Gasteiger partial charge in [0.1, 0.15) is 12.1 Å². The molecular weight excluding hydrogens is 414 g/mol. The second-order valence-electron chi connectivity index (χ2n) is 10.3. The van der Waals surface area contributed by atoms with E-state index in [1.54, 1.807) is 4.90 Å². The van der Waals surface area contributed by atoms with Crippen LogP contribution in [-0.2, 0) is 9.53 Å². The first-order valence-electron chi connectivity index (χ1n) is 12.3. The second-order valence-corrected chi connectivity index (χ2v) is 10.3. The van der Waals surface area contributed by atoms with Crippen molar-refractivity contribution in [1.82, 2.24) is 4.90 Å². The summed E-state index contributed by atoms with van der Waals surface area (Å²) in [7, 11) is 0. The van der Waals surface area contributed by atoms with Crippen LogP contribution in [0.2, 0.25) is 0 Å². The van der Waals surface area contributed by atoms with Gasteiger partial charge in [-0.05, 0) is 66.2 Å². The summed E-state index contributed by atoms with van der Waals surface area (Å²) >= 11 is 0. The van der Waals surface area contributed by atoms with Gasteiger partial charge in [0.15, 0.2) is 0 Å². The van der Waals surface area contributed by atoms with Crippen LogP contribution in [0.5, 0.6) is 0 Å². The van der Waals surface area contributed by atoms with Gasteiger partial charge < -0.3 is 9.84 Å². The molecule has 2 aromatic rings. The van der Waals surface area contributed by atoms with Crippen LogP contribution in [-0.4, -0.2) is 40.3 Å². The first kappa shape index (κ1) is 22.0. The predicted molar refractivity (Wildman–Crippen MR) is 127 cm³/mol. The molecule has 5 nitrogen and oxygen atoms in total. The molecule has 2 atom stereocenters. The Balaban J connectivity index is 1.40. The zero-order chi connectivity index (χ0) is 23.2. The minimum Gasteiger partial charge on any atom is -0.479 e. The Kier molecular flexibility index (Phi) is 5.67. The summed E-state index contributed by atoms with van der Waals surface area (Å²) in [5.41, 5.74) is 3.53. The molecule has 174 valence electrons. The fourth-order valence-corrected chi connectivity index (χ4v) is 6.05. The van der Waals surface area contributed by atoms with Crippen molar-refractivity contribution in [2.24, 2.45) is 11.8 Å². The van der Waals surface area contributed by atoms with Crippen LogP contribution in [0, 0.1) is 11.8 Å². The maximum atomic E-state index is 13.5. The van der Waals surface area contributed by atoms with Crippen molar-refractivity contribution in [3.8, 4) is 11.1 Å². The van der Waals surface area contributed by atoms with E-state index in [-0.39, 0.29) is 18.6 Å². The maximum absolute atomic E-state index is 13.5. The number of carboxylic acid groups (broad SMARTS) is 1. The smallest absolute Gasteiger partial charge is 0.411 e. The molecule has 0 saturated heterocycles. The van der Waals surface area contributed by atoms with E-state index in [4.69, 9.17) is 4.74 Å². The number of nitrogens with zero attached hydrogens (tertiary/aromatic N) is 1. The van der Waals surface area contributed by atoms with E-state index in [1.165, 1.54) is 11.1 Å². The average Bonchev–Trinajstić information content (AvgIpc) is 3.59. The van der Waals surface area contributed by atoms with Gasteiger partial charge in [0.05, 0.1) is 0 Å². The molecule has 0 aromatic heterocycles. The molecule has 0 aliphatic heterocycles. The molecule has 5 heteroatoms. The summed E-state index contributed by atoms with van der Waals surface area (Å²) in [4.78, 5) is 27.8. The number of aliphatic carboxylic acids is 1. The van der Waals surface area contributed by atoms with Gasteiger partial charge in [0, 0.05) is 12.0 Å². The molecule has 5 rings (SSSR count). The molecule has 2 unspecified atom stereocenters. The Labute approximate surface area is 195 Å². The van der Waals surface area contributed by atoms with Gasteiger partial charge in [-0.25, -0.2) is 9.59 Å². The molecular formula is C28H33NO4. The highest BCUT2D eigenvalue weighted by atomic mass is 16.6. The minimum atomic E-state index is -1.16. The maximum Gasteiger partial charge on any atom is 0.411 e. The zero-order valence-electron chi connectivity index (χ0n) is 19.5. The van der Waals surface area contributed by atoms with Crippen LogP contribution in [0.1, 0.15) is 69.4 Å². The standard InChI is InChI=1S/C28H33NO4/c1-18(2)19-8-7-15-28(16-19,26(30)31)29(20-13-14-20)27(32)33-17-25-23-11-5-3-9-21(23)22-10-4-6-12-24(22)25/h3-6,9-12,18-20,25H,7-8,13-17H2,1-2H3,(H,30,31). The van der Waals surface area contributed by atoms with E-state index in [1.807, 2.05) is 24.3 Å². The predicted octanol–water partition coefficient (Wildman–Crippen LogP) is 6.07. The Morgan fingerprint density at radius 1 is 1.03 bits per heavy atom. The van der Waals surface area contributed by atoms with Crippen molar-refractivity contribution in [3.05, 3.63) is 59.7 Å². The van der Waals surface area contributed by atoms with E-state index < -0.39 is 17.6 Å². The molecule has 0 spiro atoms. The van der Waals surface area contributed by atoms with Crippen molar-refractivity contribution in [2.75, 3.05) is 6.61 Å². The third-order valence-corrected chi connectivity index (χ3v) is 8.01. The lowest BCUT2D eigenvalue weighted by molar-refractivity contribution is -0.155. The van der Waals surface area contributed by atoms with Gasteiger partial charge >= 0.3 is 12.1 Å². The molecule has 3 aliphatic carbocycles.